The number of rotatable bonds is 7. The lowest BCUT2D eigenvalue weighted by Gasteiger charge is -2.14. The maximum Gasteiger partial charge on any atom is 0.338 e. The van der Waals surface area contributed by atoms with Crippen molar-refractivity contribution in [3.8, 4) is 0 Å². The molecular weight excluding hydrogens is 420 g/mol. The van der Waals surface area contributed by atoms with E-state index in [-0.39, 0.29) is 17.1 Å². The molecular formula is C21H20N4O3S2. The van der Waals surface area contributed by atoms with E-state index in [0.717, 1.165) is 20.8 Å². The van der Waals surface area contributed by atoms with E-state index in [1.54, 1.807) is 48.9 Å². The van der Waals surface area contributed by atoms with Crippen LogP contribution in [-0.4, -0.2) is 38.3 Å². The lowest BCUT2D eigenvalue weighted by atomic mass is 10.2. The number of nitrogens with zero attached hydrogens (tertiary/aromatic N) is 3. The van der Waals surface area contributed by atoms with E-state index in [1.807, 2.05) is 22.8 Å². The molecule has 0 aliphatic heterocycles. The second kappa shape index (κ2) is 8.85. The smallest absolute Gasteiger partial charge is 0.338 e. The number of ether oxygens (including phenoxy) is 1. The van der Waals surface area contributed by atoms with E-state index in [0.29, 0.717) is 24.3 Å². The van der Waals surface area contributed by atoms with Crippen molar-refractivity contribution in [2.24, 2.45) is 0 Å². The molecule has 9 heteroatoms. The molecule has 4 aromatic rings. The third-order valence-corrected chi connectivity index (χ3v) is 6.77. The molecule has 7 nitrogen and oxygen atoms in total. The van der Waals surface area contributed by atoms with Crippen molar-refractivity contribution in [1.82, 2.24) is 14.6 Å². The summed E-state index contributed by atoms with van der Waals surface area (Å²) in [5.74, 6) is -0.500. The Bertz CT molecular complexity index is 1200. The zero-order chi connectivity index (χ0) is 21.1. The first kappa shape index (κ1) is 20.4. The molecule has 1 aromatic carbocycles. The summed E-state index contributed by atoms with van der Waals surface area (Å²) >= 11 is 3.07. The fourth-order valence-electron chi connectivity index (χ4n) is 3.08. The molecule has 0 unspecified atom stereocenters. The Morgan fingerprint density at radius 2 is 2.00 bits per heavy atom. The highest BCUT2D eigenvalue weighted by Gasteiger charge is 2.21. The summed E-state index contributed by atoms with van der Waals surface area (Å²) in [4.78, 5) is 24.6. The molecule has 0 aliphatic rings. The molecule has 0 aliphatic carbocycles. The molecule has 3 heterocycles. The summed E-state index contributed by atoms with van der Waals surface area (Å²) in [6.45, 7) is 4.05. The third-order valence-electron chi connectivity index (χ3n) is 4.58. The van der Waals surface area contributed by atoms with Gasteiger partial charge in [0.15, 0.2) is 0 Å². The molecule has 0 saturated heterocycles. The quantitative estimate of drug-likeness (QED) is 0.333. The van der Waals surface area contributed by atoms with Crippen molar-refractivity contribution in [2.75, 3.05) is 11.9 Å². The van der Waals surface area contributed by atoms with Crippen LogP contribution in [0.1, 0.15) is 30.6 Å². The highest BCUT2D eigenvalue weighted by Crippen LogP contribution is 2.32. The van der Waals surface area contributed by atoms with Crippen LogP contribution < -0.4 is 5.32 Å². The lowest BCUT2D eigenvalue weighted by molar-refractivity contribution is -0.115. The first-order valence-electron chi connectivity index (χ1n) is 9.55. The van der Waals surface area contributed by atoms with Crippen molar-refractivity contribution < 1.29 is 14.3 Å². The van der Waals surface area contributed by atoms with Gasteiger partial charge in [0.1, 0.15) is 11.4 Å². The minimum Gasteiger partial charge on any atom is -0.462 e. The van der Waals surface area contributed by atoms with Crippen molar-refractivity contribution in [1.29, 1.82) is 0 Å². The molecule has 1 N–H and O–H groups in total. The van der Waals surface area contributed by atoms with Crippen molar-refractivity contribution in [2.45, 2.75) is 30.5 Å². The topological polar surface area (TPSA) is 85.6 Å². The molecule has 0 bridgehead atoms. The number of carbonyl (C=O) groups excluding carboxylic acids is 2. The monoisotopic (exact) mass is 440 g/mol. The zero-order valence-corrected chi connectivity index (χ0v) is 18.1. The number of anilines is 1. The number of amides is 1. The van der Waals surface area contributed by atoms with Crippen LogP contribution in [0.4, 0.5) is 5.69 Å². The fourth-order valence-corrected chi connectivity index (χ4v) is 4.87. The largest absolute Gasteiger partial charge is 0.462 e. The fraction of sp³-hybridized carbons (Fsp3) is 0.238. The van der Waals surface area contributed by atoms with Gasteiger partial charge in [-0.15, -0.1) is 21.5 Å². The highest BCUT2D eigenvalue weighted by atomic mass is 32.2. The Morgan fingerprint density at radius 1 is 1.20 bits per heavy atom. The summed E-state index contributed by atoms with van der Waals surface area (Å²) in [6, 6.07) is 10.8. The van der Waals surface area contributed by atoms with Gasteiger partial charge in [-0.25, -0.2) is 4.79 Å². The Balaban J connectivity index is 1.49. The van der Waals surface area contributed by atoms with Crippen LogP contribution in [0.15, 0.2) is 53.1 Å². The number of fused-ring (bicyclic) bond motifs is 3. The summed E-state index contributed by atoms with van der Waals surface area (Å²) in [6.07, 6.45) is 2.33. The van der Waals surface area contributed by atoms with E-state index < -0.39 is 0 Å². The van der Waals surface area contributed by atoms with Crippen LogP contribution in [0.25, 0.3) is 15.7 Å². The van der Waals surface area contributed by atoms with Gasteiger partial charge in [-0.2, -0.15) is 0 Å². The van der Waals surface area contributed by atoms with Gasteiger partial charge < -0.3 is 10.1 Å². The van der Waals surface area contributed by atoms with Crippen molar-refractivity contribution in [3.63, 3.8) is 0 Å². The molecule has 4 rings (SSSR count). The van der Waals surface area contributed by atoms with Gasteiger partial charge >= 0.3 is 5.97 Å². The molecule has 30 heavy (non-hydrogen) atoms. The van der Waals surface area contributed by atoms with Crippen LogP contribution in [0, 0.1) is 0 Å². The number of thiophene rings is 1. The number of hydrogen-bond donors (Lipinski definition) is 1. The Labute approximate surface area is 181 Å². The number of aromatic nitrogens is 3. The van der Waals surface area contributed by atoms with Crippen LogP contribution in [0.2, 0.25) is 0 Å². The number of benzene rings is 1. The summed E-state index contributed by atoms with van der Waals surface area (Å²) in [5, 5.41) is 13.7. The maximum atomic E-state index is 12.9. The number of carbonyl (C=O) groups is 2. The van der Waals surface area contributed by atoms with Gasteiger partial charge in [0.25, 0.3) is 0 Å². The van der Waals surface area contributed by atoms with Crippen molar-refractivity contribution in [3.05, 3.63) is 53.7 Å². The summed E-state index contributed by atoms with van der Waals surface area (Å²) in [5.41, 5.74) is 3.11. The lowest BCUT2D eigenvalue weighted by Crippen LogP contribution is -2.24. The highest BCUT2D eigenvalue weighted by molar-refractivity contribution is 8.00. The van der Waals surface area contributed by atoms with Gasteiger partial charge in [0, 0.05) is 5.69 Å². The van der Waals surface area contributed by atoms with Gasteiger partial charge in [0.05, 0.1) is 33.2 Å². The van der Waals surface area contributed by atoms with Gasteiger partial charge in [-0.1, -0.05) is 18.7 Å². The molecule has 0 spiro atoms. The minimum absolute atomic E-state index is 0.122. The Hall–Kier alpha value is -2.91. The predicted octanol–water partition coefficient (Wildman–Crippen LogP) is 4.63. The Kier molecular flexibility index (Phi) is 6.01. The van der Waals surface area contributed by atoms with E-state index in [4.69, 9.17) is 4.74 Å². The number of hydrogen-bond acceptors (Lipinski definition) is 7. The van der Waals surface area contributed by atoms with Gasteiger partial charge in [-0.05, 0) is 55.1 Å². The predicted molar refractivity (Wildman–Crippen MR) is 119 cm³/mol. The molecule has 0 fully saturated rings. The first-order valence-corrected chi connectivity index (χ1v) is 11.3. The van der Waals surface area contributed by atoms with Gasteiger partial charge in [-0.3, -0.25) is 9.20 Å². The summed E-state index contributed by atoms with van der Waals surface area (Å²) in [7, 11) is 0. The minimum atomic E-state index is -0.379. The standard InChI is InChI=1S/C21H20N4O3S2/c1-3-17(19(26)23-14-7-5-13(6-8-14)21(27)28-4-2)30-20-16-11-18-15(9-10-29-18)25(16)12-22-24-20/h5-12,17H,3-4H2,1-2H3,(H,23,26)/t17-/m1/s1. The third kappa shape index (κ3) is 4.03. The second-order valence-corrected chi connectivity index (χ2v) is 8.65. The van der Waals surface area contributed by atoms with Crippen LogP contribution >= 0.6 is 23.1 Å². The van der Waals surface area contributed by atoms with Crippen LogP contribution in [0.3, 0.4) is 0 Å². The number of thioether (sulfide) groups is 1. The molecule has 154 valence electrons. The molecule has 1 atom stereocenters. The number of esters is 1. The molecule has 0 saturated carbocycles. The van der Waals surface area contributed by atoms with E-state index in [1.165, 1.54) is 11.8 Å². The SMILES string of the molecule is CCOC(=O)c1ccc(NC(=O)[C@@H](CC)Sc2nncn3c2cc2sccc23)cc1. The second-order valence-electron chi connectivity index (χ2n) is 6.51. The zero-order valence-electron chi connectivity index (χ0n) is 16.5. The van der Waals surface area contributed by atoms with Crippen LogP contribution in [-0.2, 0) is 9.53 Å². The maximum absolute atomic E-state index is 12.9. The average Bonchev–Trinajstić information content (AvgIpc) is 3.34. The molecule has 1 amide bonds. The normalized spacial score (nSPS) is 12.2. The van der Waals surface area contributed by atoms with Crippen LogP contribution in [0.5, 0.6) is 0 Å². The molecule has 3 aromatic heterocycles. The van der Waals surface area contributed by atoms with E-state index >= 15 is 0 Å². The average molecular weight is 441 g/mol. The molecule has 0 radical (unpaired) electrons. The number of nitrogens with one attached hydrogen (secondary N) is 1. The van der Waals surface area contributed by atoms with Gasteiger partial charge in [0.2, 0.25) is 5.91 Å². The first-order chi connectivity index (χ1) is 14.6. The van der Waals surface area contributed by atoms with Crippen molar-refractivity contribution >= 4 is 56.4 Å². The Morgan fingerprint density at radius 3 is 2.73 bits per heavy atom. The van der Waals surface area contributed by atoms with E-state index in [2.05, 4.69) is 21.6 Å². The summed E-state index contributed by atoms with van der Waals surface area (Å²) < 4.78 is 8.14. The van der Waals surface area contributed by atoms with E-state index in [9.17, 15) is 9.59 Å².